The number of alkyl halides is 1. The Kier molecular flexibility index (Phi) is 4.02. The standard InChI is InChI=1S/C12H14ClNOS/c1-15-11-4-2-5-12-10(11)6-9-14(16-12)8-3-7-13/h2,4-6,9H,3,7-8H2,1H3. The van der Waals surface area contributed by atoms with Gasteiger partial charge in [-0.1, -0.05) is 6.07 Å². The Morgan fingerprint density at radius 2 is 2.31 bits per heavy atom. The summed E-state index contributed by atoms with van der Waals surface area (Å²) in [7, 11) is 1.70. The van der Waals surface area contributed by atoms with Crippen LogP contribution in [-0.2, 0) is 0 Å². The van der Waals surface area contributed by atoms with E-state index >= 15 is 0 Å². The predicted octanol–water partition coefficient (Wildman–Crippen LogP) is 3.62. The van der Waals surface area contributed by atoms with Crippen LogP contribution in [-0.4, -0.2) is 23.8 Å². The molecule has 16 heavy (non-hydrogen) atoms. The average molecular weight is 256 g/mol. The first-order valence-electron chi connectivity index (χ1n) is 5.21. The highest BCUT2D eigenvalue weighted by Crippen LogP contribution is 2.37. The summed E-state index contributed by atoms with van der Waals surface area (Å²) < 4.78 is 7.52. The largest absolute Gasteiger partial charge is 0.496 e. The molecule has 0 saturated heterocycles. The molecule has 1 aromatic carbocycles. The molecule has 0 N–H and O–H groups in total. The number of fused-ring (bicyclic) bond motifs is 1. The van der Waals surface area contributed by atoms with Gasteiger partial charge < -0.3 is 9.04 Å². The molecule has 0 atom stereocenters. The minimum atomic E-state index is 0.704. The van der Waals surface area contributed by atoms with E-state index in [1.54, 1.807) is 19.1 Å². The van der Waals surface area contributed by atoms with E-state index in [-0.39, 0.29) is 0 Å². The molecule has 0 unspecified atom stereocenters. The maximum atomic E-state index is 5.69. The van der Waals surface area contributed by atoms with Crippen LogP contribution < -0.4 is 4.74 Å². The number of ether oxygens (including phenoxy) is 1. The second kappa shape index (κ2) is 5.51. The van der Waals surface area contributed by atoms with Gasteiger partial charge in [-0.15, -0.1) is 11.6 Å². The van der Waals surface area contributed by atoms with E-state index in [0.717, 1.165) is 24.3 Å². The van der Waals surface area contributed by atoms with Crippen LogP contribution in [0.15, 0.2) is 29.3 Å². The summed E-state index contributed by atoms with van der Waals surface area (Å²) >= 11 is 7.42. The lowest BCUT2D eigenvalue weighted by atomic mass is 10.2. The first kappa shape index (κ1) is 11.7. The van der Waals surface area contributed by atoms with Crippen molar-refractivity contribution in [3.8, 4) is 5.75 Å². The lowest BCUT2D eigenvalue weighted by Gasteiger charge is -2.24. The zero-order valence-corrected chi connectivity index (χ0v) is 10.7. The molecule has 1 aliphatic heterocycles. The van der Waals surface area contributed by atoms with Crippen LogP contribution in [0.1, 0.15) is 12.0 Å². The van der Waals surface area contributed by atoms with Crippen LogP contribution in [0.25, 0.3) is 6.08 Å². The van der Waals surface area contributed by atoms with Crippen molar-refractivity contribution in [3.63, 3.8) is 0 Å². The molecule has 1 heterocycles. The summed E-state index contributed by atoms with van der Waals surface area (Å²) in [5.74, 6) is 1.63. The lowest BCUT2D eigenvalue weighted by molar-refractivity contribution is 0.412. The fourth-order valence-corrected chi connectivity index (χ4v) is 2.72. The molecule has 4 heteroatoms. The maximum Gasteiger partial charge on any atom is 0.127 e. The van der Waals surface area contributed by atoms with E-state index in [0.29, 0.717) is 5.88 Å². The van der Waals surface area contributed by atoms with Crippen LogP contribution in [0, 0.1) is 0 Å². The van der Waals surface area contributed by atoms with Crippen molar-refractivity contribution in [2.75, 3.05) is 19.5 Å². The third kappa shape index (κ3) is 2.47. The number of methoxy groups -OCH3 is 1. The van der Waals surface area contributed by atoms with Crippen molar-refractivity contribution in [1.82, 2.24) is 4.31 Å². The molecule has 0 saturated carbocycles. The third-order valence-electron chi connectivity index (χ3n) is 2.38. The second-order valence-corrected chi connectivity index (χ2v) is 4.93. The molecule has 0 radical (unpaired) electrons. The highest BCUT2D eigenvalue weighted by molar-refractivity contribution is 7.97. The molecule has 0 amide bonds. The average Bonchev–Trinajstić information content (AvgIpc) is 2.35. The molecule has 1 aliphatic rings. The van der Waals surface area contributed by atoms with Gasteiger partial charge in [0, 0.05) is 29.1 Å². The zero-order chi connectivity index (χ0) is 11.4. The monoisotopic (exact) mass is 255 g/mol. The maximum absolute atomic E-state index is 5.69. The fraction of sp³-hybridized carbons (Fsp3) is 0.333. The van der Waals surface area contributed by atoms with Gasteiger partial charge in [-0.2, -0.15) is 0 Å². The summed E-state index contributed by atoms with van der Waals surface area (Å²) in [6.45, 7) is 0.974. The van der Waals surface area contributed by atoms with Crippen LogP contribution in [0.4, 0.5) is 0 Å². The van der Waals surface area contributed by atoms with Crippen molar-refractivity contribution in [2.45, 2.75) is 11.3 Å². The molecule has 0 aliphatic carbocycles. The van der Waals surface area contributed by atoms with Crippen LogP contribution in [0.3, 0.4) is 0 Å². The Labute approximate surface area is 105 Å². The highest BCUT2D eigenvalue weighted by Gasteiger charge is 2.14. The highest BCUT2D eigenvalue weighted by atomic mass is 35.5. The van der Waals surface area contributed by atoms with Gasteiger partial charge in [-0.3, -0.25) is 0 Å². The molecule has 1 aromatic rings. The topological polar surface area (TPSA) is 12.5 Å². The van der Waals surface area contributed by atoms with Crippen molar-refractivity contribution in [3.05, 3.63) is 30.0 Å². The quantitative estimate of drug-likeness (QED) is 0.602. The summed E-state index contributed by atoms with van der Waals surface area (Å²) in [6, 6.07) is 6.11. The summed E-state index contributed by atoms with van der Waals surface area (Å²) in [5.41, 5.74) is 1.16. The lowest BCUT2D eigenvalue weighted by Crippen LogP contribution is -2.13. The Bertz CT molecular complexity index is 395. The van der Waals surface area contributed by atoms with Crippen LogP contribution >= 0.6 is 23.5 Å². The Morgan fingerprint density at radius 1 is 1.44 bits per heavy atom. The number of benzene rings is 1. The number of hydrogen-bond donors (Lipinski definition) is 0. The van der Waals surface area contributed by atoms with Gasteiger partial charge in [0.25, 0.3) is 0 Å². The molecule has 2 nitrogen and oxygen atoms in total. The van der Waals surface area contributed by atoms with E-state index in [9.17, 15) is 0 Å². The molecule has 86 valence electrons. The van der Waals surface area contributed by atoms with Gasteiger partial charge in [-0.05, 0) is 36.6 Å². The molecule has 0 fully saturated rings. The number of rotatable bonds is 4. The summed E-state index contributed by atoms with van der Waals surface area (Å²) in [5, 5.41) is 0. The number of nitrogens with zero attached hydrogens (tertiary/aromatic N) is 1. The molecule has 0 aromatic heterocycles. The molecule has 0 bridgehead atoms. The smallest absolute Gasteiger partial charge is 0.127 e. The fourth-order valence-electron chi connectivity index (χ4n) is 1.60. The normalized spacial score (nSPS) is 13.8. The Hall–Kier alpha value is -0.800. The zero-order valence-electron chi connectivity index (χ0n) is 9.15. The molecule has 0 spiro atoms. The Morgan fingerprint density at radius 3 is 3.06 bits per heavy atom. The van der Waals surface area contributed by atoms with Crippen LogP contribution in [0.5, 0.6) is 5.75 Å². The van der Waals surface area contributed by atoms with Crippen molar-refractivity contribution >= 4 is 29.6 Å². The SMILES string of the molecule is COc1cccc2c1C=CN(CCCCl)S2. The predicted molar refractivity (Wildman–Crippen MR) is 69.9 cm³/mol. The minimum absolute atomic E-state index is 0.704. The minimum Gasteiger partial charge on any atom is -0.496 e. The van der Waals surface area contributed by atoms with Gasteiger partial charge in [0.15, 0.2) is 0 Å². The summed E-state index contributed by atoms with van der Waals surface area (Å²) in [6.07, 6.45) is 5.18. The molecular weight excluding hydrogens is 242 g/mol. The van der Waals surface area contributed by atoms with Gasteiger partial charge in [0.2, 0.25) is 0 Å². The van der Waals surface area contributed by atoms with E-state index in [4.69, 9.17) is 16.3 Å². The van der Waals surface area contributed by atoms with Gasteiger partial charge in [0.1, 0.15) is 5.75 Å². The second-order valence-electron chi connectivity index (χ2n) is 3.46. The van der Waals surface area contributed by atoms with Gasteiger partial charge in [-0.25, -0.2) is 0 Å². The van der Waals surface area contributed by atoms with E-state index in [1.807, 2.05) is 12.1 Å². The Balaban J connectivity index is 2.16. The van der Waals surface area contributed by atoms with Crippen molar-refractivity contribution < 1.29 is 4.74 Å². The van der Waals surface area contributed by atoms with Crippen LogP contribution in [0.2, 0.25) is 0 Å². The molecule has 2 rings (SSSR count). The third-order valence-corrected chi connectivity index (χ3v) is 3.74. The first-order chi connectivity index (χ1) is 7.85. The van der Waals surface area contributed by atoms with Crippen molar-refractivity contribution in [1.29, 1.82) is 0 Å². The van der Waals surface area contributed by atoms with E-state index < -0.39 is 0 Å². The van der Waals surface area contributed by atoms with E-state index in [1.165, 1.54) is 4.90 Å². The number of hydrogen-bond acceptors (Lipinski definition) is 3. The summed E-state index contributed by atoms with van der Waals surface area (Å²) in [4.78, 5) is 1.23. The number of halogens is 1. The van der Waals surface area contributed by atoms with Gasteiger partial charge >= 0.3 is 0 Å². The molecular formula is C12H14ClNOS. The van der Waals surface area contributed by atoms with Crippen molar-refractivity contribution in [2.24, 2.45) is 0 Å². The van der Waals surface area contributed by atoms with E-state index in [2.05, 4.69) is 22.6 Å². The first-order valence-corrected chi connectivity index (χ1v) is 6.51. The van der Waals surface area contributed by atoms with Gasteiger partial charge in [0.05, 0.1) is 7.11 Å².